The molecule has 0 saturated heterocycles. The highest BCUT2D eigenvalue weighted by Crippen LogP contribution is 2.33. The van der Waals surface area contributed by atoms with Crippen molar-refractivity contribution in [3.05, 3.63) is 0 Å². The topological polar surface area (TPSA) is 46.5 Å². The highest BCUT2D eigenvalue weighted by Gasteiger charge is 2.35. The summed E-state index contributed by atoms with van der Waals surface area (Å²) in [5, 5.41) is 9.09. The first kappa shape index (κ1) is 13.1. The van der Waals surface area contributed by atoms with E-state index in [1.54, 1.807) is 0 Å². The van der Waals surface area contributed by atoms with Gasteiger partial charge in [0.25, 0.3) is 0 Å². The largest absolute Gasteiger partial charge is 0.481 e. The zero-order valence-corrected chi connectivity index (χ0v) is 9.82. The average molecular weight is 224 g/mol. The number of aliphatic carboxylic acids is 1. The van der Waals surface area contributed by atoms with Crippen LogP contribution in [-0.4, -0.2) is 23.8 Å². The number of carboxylic acid groups (broad SMARTS) is 1. The van der Waals surface area contributed by atoms with Crippen molar-refractivity contribution in [1.82, 2.24) is 0 Å². The Balaban J connectivity index is 2.55. The lowest BCUT2D eigenvalue weighted by Crippen LogP contribution is -2.36. The van der Waals surface area contributed by atoms with Crippen LogP contribution < -0.4 is 0 Å². The molecule has 0 aliphatic heterocycles. The van der Waals surface area contributed by atoms with Crippen molar-refractivity contribution < 1.29 is 14.6 Å². The van der Waals surface area contributed by atoms with Crippen LogP contribution in [0.5, 0.6) is 0 Å². The number of rotatable bonds is 5. The van der Waals surface area contributed by atoms with E-state index in [2.05, 4.69) is 12.8 Å². The number of hydrogen-bond acceptors (Lipinski definition) is 2. The van der Waals surface area contributed by atoms with Crippen LogP contribution in [0.1, 0.15) is 39.0 Å². The molecule has 0 aromatic heterocycles. The van der Waals surface area contributed by atoms with Crippen molar-refractivity contribution in [2.75, 3.05) is 6.61 Å². The van der Waals surface area contributed by atoms with E-state index in [4.69, 9.17) is 16.3 Å². The first-order valence-corrected chi connectivity index (χ1v) is 5.96. The minimum atomic E-state index is -0.753. The summed E-state index contributed by atoms with van der Waals surface area (Å²) in [6, 6.07) is 0. The van der Waals surface area contributed by atoms with Gasteiger partial charge >= 0.3 is 5.97 Å². The Morgan fingerprint density at radius 2 is 2.31 bits per heavy atom. The minimum absolute atomic E-state index is 0.196. The number of ether oxygens (including phenoxy) is 1. The predicted molar refractivity (Wildman–Crippen MR) is 61.9 cm³/mol. The van der Waals surface area contributed by atoms with Crippen LogP contribution in [0.15, 0.2) is 0 Å². The molecule has 3 nitrogen and oxygen atoms in total. The molecule has 1 N–H and O–H groups in total. The Kier molecular flexibility index (Phi) is 5.34. The van der Waals surface area contributed by atoms with Crippen molar-refractivity contribution in [2.45, 2.75) is 45.1 Å². The summed E-state index contributed by atoms with van der Waals surface area (Å²) >= 11 is 0. The van der Waals surface area contributed by atoms with Crippen LogP contribution in [0, 0.1) is 24.2 Å². The van der Waals surface area contributed by atoms with Crippen molar-refractivity contribution in [1.29, 1.82) is 0 Å². The molecule has 3 heteroatoms. The molecule has 90 valence electrons. The van der Waals surface area contributed by atoms with Gasteiger partial charge in [-0.2, -0.15) is 0 Å². The Hall–Kier alpha value is -1.01. The zero-order valence-electron chi connectivity index (χ0n) is 9.82. The van der Waals surface area contributed by atoms with E-state index in [0.717, 1.165) is 32.1 Å². The van der Waals surface area contributed by atoms with Gasteiger partial charge in [0.15, 0.2) is 0 Å². The van der Waals surface area contributed by atoms with Gasteiger partial charge in [0.2, 0.25) is 0 Å². The van der Waals surface area contributed by atoms with Gasteiger partial charge in [0.1, 0.15) is 6.61 Å². The Morgan fingerprint density at radius 1 is 1.56 bits per heavy atom. The van der Waals surface area contributed by atoms with E-state index in [1.165, 1.54) is 0 Å². The van der Waals surface area contributed by atoms with E-state index in [9.17, 15) is 4.79 Å². The molecular formula is C13H20O3. The summed E-state index contributed by atoms with van der Waals surface area (Å²) in [5.74, 6) is 1.88. The molecule has 1 aliphatic carbocycles. The molecule has 1 saturated carbocycles. The lowest BCUT2D eigenvalue weighted by molar-refractivity contribution is -0.150. The third kappa shape index (κ3) is 3.53. The summed E-state index contributed by atoms with van der Waals surface area (Å²) < 4.78 is 5.47. The molecule has 3 atom stereocenters. The van der Waals surface area contributed by atoms with Gasteiger partial charge in [-0.25, -0.2) is 0 Å². The Labute approximate surface area is 97.2 Å². The van der Waals surface area contributed by atoms with Gasteiger partial charge in [0, 0.05) is 0 Å². The molecule has 0 aromatic carbocycles. The quantitative estimate of drug-likeness (QED) is 0.729. The van der Waals surface area contributed by atoms with Crippen LogP contribution >= 0.6 is 0 Å². The maximum atomic E-state index is 11.1. The zero-order chi connectivity index (χ0) is 12.0. The van der Waals surface area contributed by atoms with Crippen LogP contribution in [0.25, 0.3) is 0 Å². The first-order valence-electron chi connectivity index (χ1n) is 5.96. The second kappa shape index (κ2) is 6.55. The SMILES string of the molecule is C#CCOC1CC(CCC)CCC1C(=O)O. The third-order valence-electron chi connectivity index (χ3n) is 3.30. The fourth-order valence-corrected chi connectivity index (χ4v) is 2.50. The summed E-state index contributed by atoms with van der Waals surface area (Å²) in [6.07, 6.45) is 9.80. The third-order valence-corrected chi connectivity index (χ3v) is 3.30. The average Bonchev–Trinajstić information content (AvgIpc) is 2.26. The summed E-state index contributed by atoms with van der Waals surface area (Å²) in [6.45, 7) is 2.37. The maximum Gasteiger partial charge on any atom is 0.309 e. The fraction of sp³-hybridized carbons (Fsp3) is 0.769. The van der Waals surface area contributed by atoms with Crippen LogP contribution in [-0.2, 0) is 9.53 Å². The smallest absolute Gasteiger partial charge is 0.309 e. The molecule has 1 rings (SSSR count). The van der Waals surface area contributed by atoms with Crippen molar-refractivity contribution in [3.63, 3.8) is 0 Å². The van der Waals surface area contributed by atoms with Gasteiger partial charge in [-0.15, -0.1) is 6.42 Å². The molecule has 0 heterocycles. The maximum absolute atomic E-state index is 11.1. The standard InChI is InChI=1S/C13H20O3/c1-3-5-10-6-7-11(13(14)15)12(9-10)16-8-4-2/h2,10-12H,3,5-9H2,1H3,(H,14,15). The lowest BCUT2D eigenvalue weighted by atomic mass is 9.78. The van der Waals surface area contributed by atoms with Crippen molar-refractivity contribution >= 4 is 5.97 Å². The lowest BCUT2D eigenvalue weighted by Gasteiger charge is -2.33. The van der Waals surface area contributed by atoms with E-state index in [-0.39, 0.29) is 18.6 Å². The van der Waals surface area contributed by atoms with Crippen molar-refractivity contribution in [2.24, 2.45) is 11.8 Å². The molecule has 0 aromatic rings. The van der Waals surface area contributed by atoms with Gasteiger partial charge in [-0.05, 0) is 25.2 Å². The minimum Gasteiger partial charge on any atom is -0.481 e. The summed E-state index contributed by atoms with van der Waals surface area (Å²) in [5.41, 5.74) is 0. The van der Waals surface area contributed by atoms with E-state index in [1.807, 2.05) is 0 Å². The van der Waals surface area contributed by atoms with E-state index in [0.29, 0.717) is 5.92 Å². The highest BCUT2D eigenvalue weighted by atomic mass is 16.5. The van der Waals surface area contributed by atoms with E-state index < -0.39 is 5.97 Å². The molecular weight excluding hydrogens is 204 g/mol. The molecule has 0 spiro atoms. The Morgan fingerprint density at radius 3 is 2.88 bits per heavy atom. The number of terminal acetylenes is 1. The first-order chi connectivity index (χ1) is 7.69. The number of carbonyl (C=O) groups is 1. The van der Waals surface area contributed by atoms with Crippen LogP contribution in [0.4, 0.5) is 0 Å². The molecule has 0 amide bonds. The summed E-state index contributed by atoms with van der Waals surface area (Å²) in [7, 11) is 0. The molecule has 1 aliphatic rings. The predicted octanol–water partition coefficient (Wildman–Crippen LogP) is 2.31. The van der Waals surface area contributed by atoms with Crippen LogP contribution in [0.3, 0.4) is 0 Å². The molecule has 0 bridgehead atoms. The normalized spacial score (nSPS) is 29.6. The second-order valence-electron chi connectivity index (χ2n) is 4.47. The monoisotopic (exact) mass is 224 g/mol. The van der Waals surface area contributed by atoms with Gasteiger partial charge in [-0.3, -0.25) is 4.79 Å². The second-order valence-corrected chi connectivity index (χ2v) is 4.47. The van der Waals surface area contributed by atoms with Crippen LogP contribution in [0.2, 0.25) is 0 Å². The van der Waals surface area contributed by atoms with Gasteiger partial charge in [-0.1, -0.05) is 25.7 Å². The fourth-order valence-electron chi connectivity index (χ4n) is 2.50. The molecule has 1 fully saturated rings. The molecule has 16 heavy (non-hydrogen) atoms. The number of hydrogen-bond donors (Lipinski definition) is 1. The number of carboxylic acids is 1. The van der Waals surface area contributed by atoms with Gasteiger partial charge in [0.05, 0.1) is 12.0 Å². The molecule has 0 radical (unpaired) electrons. The Bertz CT molecular complexity index is 267. The van der Waals surface area contributed by atoms with Gasteiger partial charge < -0.3 is 9.84 Å². The van der Waals surface area contributed by atoms with Crippen molar-refractivity contribution in [3.8, 4) is 12.3 Å². The van der Waals surface area contributed by atoms with E-state index >= 15 is 0 Å². The molecule has 3 unspecified atom stereocenters. The summed E-state index contributed by atoms with van der Waals surface area (Å²) in [4.78, 5) is 11.1. The highest BCUT2D eigenvalue weighted by molar-refractivity contribution is 5.70.